The van der Waals surface area contributed by atoms with Crippen LogP contribution in [0, 0.1) is 6.92 Å². The van der Waals surface area contributed by atoms with Gasteiger partial charge in [-0.1, -0.05) is 36.4 Å². The fourth-order valence-electron chi connectivity index (χ4n) is 5.10. The van der Waals surface area contributed by atoms with Crippen molar-refractivity contribution in [3.63, 3.8) is 0 Å². The lowest BCUT2D eigenvalue weighted by Crippen LogP contribution is -2.31. The summed E-state index contributed by atoms with van der Waals surface area (Å²) < 4.78 is 33.6. The van der Waals surface area contributed by atoms with Crippen LogP contribution < -0.4 is 4.90 Å². The molecule has 0 radical (unpaired) electrons. The number of anilines is 1. The van der Waals surface area contributed by atoms with Crippen molar-refractivity contribution in [2.75, 3.05) is 18.0 Å². The van der Waals surface area contributed by atoms with E-state index >= 15 is 0 Å². The van der Waals surface area contributed by atoms with E-state index in [1.807, 2.05) is 41.9 Å². The van der Waals surface area contributed by atoms with E-state index in [4.69, 9.17) is 14.9 Å². The van der Waals surface area contributed by atoms with Gasteiger partial charge in [0.05, 0.1) is 23.7 Å². The Hall–Kier alpha value is -4.77. The molecule has 1 atom stereocenters. The number of nitrogens with zero attached hydrogens (tertiary/aromatic N) is 5. The van der Waals surface area contributed by atoms with Crippen molar-refractivity contribution in [1.29, 1.82) is 0 Å². The van der Waals surface area contributed by atoms with Gasteiger partial charge in [0.1, 0.15) is 5.82 Å². The minimum Gasteiger partial charge on any atom is -0.475 e. The first-order valence-electron chi connectivity index (χ1n) is 13.6. The lowest BCUT2D eigenvalue weighted by Gasteiger charge is -2.30. The number of imidazole rings is 1. The van der Waals surface area contributed by atoms with Crippen LogP contribution in [-0.4, -0.2) is 55.0 Å². The Morgan fingerprint density at radius 2 is 1.58 bits per heavy atom. The molecule has 0 aliphatic rings. The van der Waals surface area contributed by atoms with Crippen LogP contribution in [0.2, 0.25) is 0 Å². The molecule has 0 amide bonds. The van der Waals surface area contributed by atoms with Crippen LogP contribution in [0.25, 0.3) is 22.0 Å². The lowest BCUT2D eigenvalue weighted by atomic mass is 9.83. The molecule has 2 aromatic carbocycles. The van der Waals surface area contributed by atoms with Gasteiger partial charge in [-0.05, 0) is 67.3 Å². The van der Waals surface area contributed by atoms with Crippen LogP contribution in [0.4, 0.5) is 19.0 Å². The minimum absolute atomic E-state index is 0.682. The van der Waals surface area contributed by atoms with Crippen LogP contribution in [-0.2, 0) is 17.4 Å². The zero-order valence-corrected chi connectivity index (χ0v) is 24.2. The highest BCUT2D eigenvalue weighted by molar-refractivity contribution is 5.94. The van der Waals surface area contributed by atoms with Crippen LogP contribution in [0.1, 0.15) is 36.2 Å². The third-order valence-electron chi connectivity index (χ3n) is 7.30. The van der Waals surface area contributed by atoms with Crippen molar-refractivity contribution in [2.45, 2.75) is 32.5 Å². The van der Waals surface area contributed by atoms with Crippen molar-refractivity contribution >= 4 is 22.7 Å². The molecule has 1 unspecified atom stereocenters. The van der Waals surface area contributed by atoms with Crippen LogP contribution >= 0.6 is 0 Å². The second-order valence-electron chi connectivity index (χ2n) is 9.84. The normalized spacial score (nSPS) is 12.7. The molecule has 0 saturated carbocycles. The molecule has 2 N–H and O–H groups in total. The Bertz CT molecular complexity index is 1700. The van der Waals surface area contributed by atoms with E-state index in [-0.39, 0.29) is 0 Å². The first kappa shape index (κ1) is 31.2. The number of pyridine rings is 2. The summed E-state index contributed by atoms with van der Waals surface area (Å²) in [6, 6.07) is 20.2. The number of carboxylic acids is 1. The standard InChI is InChI=1S/C30H31N5O.C2HF3O2/c1-5-35(6-2)29-28(22-10-8-7-9-11-22)21(3)25-18-24(12-13-26(25)33-29)30(36,23-14-16-31-17-15-23)27-19-32-20-34(27)4;3-2(4,5)1(6)7/h7-20,36H,5-6H2,1-4H3;(H,6,7). The number of carbonyl (C=O) groups is 1. The number of aliphatic carboxylic acids is 1. The van der Waals surface area contributed by atoms with Gasteiger partial charge in [0.25, 0.3) is 0 Å². The third kappa shape index (κ3) is 6.21. The minimum atomic E-state index is -5.08. The molecule has 3 heterocycles. The summed E-state index contributed by atoms with van der Waals surface area (Å²) in [5, 5.41) is 20.5. The SMILES string of the molecule is CCN(CC)c1nc2ccc(C(O)(c3ccncc3)c3cncn3C)cc2c(C)c1-c1ccccc1.O=C(O)C(F)(F)F. The fraction of sp³-hybridized carbons (Fsp3) is 0.250. The number of aliphatic hydroxyl groups is 1. The summed E-state index contributed by atoms with van der Waals surface area (Å²) in [7, 11) is 1.90. The van der Waals surface area contributed by atoms with Gasteiger partial charge in [-0.25, -0.2) is 14.8 Å². The number of alkyl halides is 3. The maximum absolute atomic E-state index is 12.3. The van der Waals surface area contributed by atoms with Gasteiger partial charge in [-0.15, -0.1) is 0 Å². The van der Waals surface area contributed by atoms with Crippen molar-refractivity contribution in [2.24, 2.45) is 7.05 Å². The van der Waals surface area contributed by atoms with Gasteiger partial charge in [0, 0.05) is 43.5 Å². The van der Waals surface area contributed by atoms with Gasteiger partial charge in [-0.3, -0.25) is 4.98 Å². The summed E-state index contributed by atoms with van der Waals surface area (Å²) in [5.74, 6) is -1.77. The summed E-state index contributed by atoms with van der Waals surface area (Å²) in [4.78, 5) is 24.8. The average Bonchev–Trinajstić information content (AvgIpc) is 3.44. The summed E-state index contributed by atoms with van der Waals surface area (Å²) in [6.45, 7) is 8.21. The number of hydrogen-bond donors (Lipinski definition) is 2. The topological polar surface area (TPSA) is 104 Å². The predicted octanol–water partition coefficient (Wildman–Crippen LogP) is 6.10. The molecule has 0 aliphatic heterocycles. The van der Waals surface area contributed by atoms with Crippen LogP contribution in [0.15, 0.2) is 85.6 Å². The monoisotopic (exact) mass is 591 g/mol. The van der Waals surface area contributed by atoms with Crippen molar-refractivity contribution in [3.8, 4) is 11.1 Å². The molecular formula is C32H32F3N5O3. The molecule has 0 spiro atoms. The molecule has 0 fully saturated rings. The van der Waals surface area contributed by atoms with E-state index in [0.29, 0.717) is 5.69 Å². The molecule has 43 heavy (non-hydrogen) atoms. The van der Waals surface area contributed by atoms with Crippen molar-refractivity contribution in [1.82, 2.24) is 19.5 Å². The number of aromatic nitrogens is 4. The Morgan fingerprint density at radius 1 is 0.953 bits per heavy atom. The number of fused-ring (bicyclic) bond motifs is 1. The molecule has 5 rings (SSSR count). The van der Waals surface area contributed by atoms with Crippen molar-refractivity contribution in [3.05, 3.63) is 108 Å². The number of benzene rings is 2. The van der Waals surface area contributed by atoms with E-state index in [1.54, 1.807) is 24.9 Å². The zero-order chi connectivity index (χ0) is 31.4. The molecular weight excluding hydrogens is 559 g/mol. The molecule has 3 aromatic heterocycles. The van der Waals surface area contributed by atoms with Crippen molar-refractivity contribution < 1.29 is 28.2 Å². The second kappa shape index (κ2) is 12.6. The average molecular weight is 592 g/mol. The molecule has 0 bridgehead atoms. The summed E-state index contributed by atoms with van der Waals surface area (Å²) >= 11 is 0. The van der Waals surface area contributed by atoms with Gasteiger partial charge >= 0.3 is 12.1 Å². The first-order valence-corrected chi connectivity index (χ1v) is 13.6. The largest absolute Gasteiger partial charge is 0.490 e. The number of rotatable bonds is 7. The summed E-state index contributed by atoms with van der Waals surface area (Å²) in [6.07, 6.45) is 1.75. The fourth-order valence-corrected chi connectivity index (χ4v) is 5.10. The molecule has 11 heteroatoms. The van der Waals surface area contributed by atoms with Gasteiger partial charge < -0.3 is 19.7 Å². The van der Waals surface area contributed by atoms with Crippen LogP contribution in [0.5, 0.6) is 0 Å². The Morgan fingerprint density at radius 3 is 2.12 bits per heavy atom. The van der Waals surface area contributed by atoms with Gasteiger partial charge in [0.2, 0.25) is 0 Å². The van der Waals surface area contributed by atoms with Crippen LogP contribution in [0.3, 0.4) is 0 Å². The molecule has 8 nitrogen and oxygen atoms in total. The van der Waals surface area contributed by atoms with E-state index in [0.717, 1.165) is 57.6 Å². The lowest BCUT2D eigenvalue weighted by molar-refractivity contribution is -0.192. The highest BCUT2D eigenvalue weighted by atomic mass is 19.4. The first-order chi connectivity index (χ1) is 20.4. The quantitative estimate of drug-likeness (QED) is 0.236. The molecule has 0 saturated heterocycles. The molecule has 5 aromatic rings. The van der Waals surface area contributed by atoms with Gasteiger partial charge in [0.15, 0.2) is 5.60 Å². The van der Waals surface area contributed by atoms with E-state index in [2.05, 4.69) is 66.0 Å². The summed E-state index contributed by atoms with van der Waals surface area (Å²) in [5.41, 5.74) is 5.06. The maximum atomic E-state index is 12.3. The zero-order valence-electron chi connectivity index (χ0n) is 24.2. The molecule has 224 valence electrons. The van der Waals surface area contributed by atoms with E-state index < -0.39 is 17.7 Å². The molecule has 0 aliphatic carbocycles. The Balaban J connectivity index is 0.000000541. The van der Waals surface area contributed by atoms with Gasteiger partial charge in [-0.2, -0.15) is 13.2 Å². The van der Waals surface area contributed by atoms with E-state index in [9.17, 15) is 18.3 Å². The smallest absolute Gasteiger partial charge is 0.475 e. The third-order valence-corrected chi connectivity index (χ3v) is 7.30. The Labute approximate surface area is 247 Å². The number of carboxylic acid groups (broad SMARTS) is 1. The number of aryl methyl sites for hydroxylation is 2. The number of halogens is 3. The number of hydrogen-bond acceptors (Lipinski definition) is 6. The maximum Gasteiger partial charge on any atom is 0.490 e. The predicted molar refractivity (Wildman–Crippen MR) is 159 cm³/mol. The second-order valence-corrected chi connectivity index (χ2v) is 9.84. The highest BCUT2D eigenvalue weighted by Gasteiger charge is 2.38. The van der Waals surface area contributed by atoms with E-state index in [1.165, 1.54) is 0 Å². The highest BCUT2D eigenvalue weighted by Crippen LogP contribution is 2.41. The Kier molecular flexibility index (Phi) is 9.15.